The maximum atomic E-state index is 4.70. The van der Waals surface area contributed by atoms with Crippen molar-refractivity contribution in [3.63, 3.8) is 0 Å². The highest BCUT2D eigenvalue weighted by atomic mass is 15.4. The van der Waals surface area contributed by atoms with Crippen molar-refractivity contribution in [3.8, 4) is 0 Å². The van der Waals surface area contributed by atoms with Crippen LogP contribution in [0.3, 0.4) is 0 Å². The molecule has 0 aliphatic heterocycles. The van der Waals surface area contributed by atoms with Crippen LogP contribution in [0.15, 0.2) is 36.4 Å². The van der Waals surface area contributed by atoms with E-state index >= 15 is 0 Å². The van der Waals surface area contributed by atoms with Gasteiger partial charge in [0.2, 0.25) is 0 Å². The maximum absolute atomic E-state index is 4.70. The average molecular weight is 321 g/mol. The number of imidazole rings is 1. The standard InChI is InChI=1S/C17H19N7/c1-12-20-21-17-10-9-15(22-24(12)17)18-11-5-8-16-19-13-6-3-4-7-14(13)23(16)2/h3-4,6-7,9-10H,5,8,11H2,1-2H3,(H,18,22). The normalized spacial score (nSPS) is 11.4. The number of nitrogens with zero attached hydrogens (tertiary/aromatic N) is 6. The lowest BCUT2D eigenvalue weighted by atomic mass is 10.3. The van der Waals surface area contributed by atoms with Crippen molar-refractivity contribution in [2.45, 2.75) is 19.8 Å². The summed E-state index contributed by atoms with van der Waals surface area (Å²) in [7, 11) is 2.07. The molecule has 4 aromatic rings. The van der Waals surface area contributed by atoms with Crippen LogP contribution in [0, 0.1) is 6.92 Å². The first kappa shape index (κ1) is 14.6. The molecular weight excluding hydrogens is 302 g/mol. The molecule has 0 unspecified atom stereocenters. The molecule has 7 nitrogen and oxygen atoms in total. The molecular formula is C17H19N7. The Morgan fingerprint density at radius 3 is 2.83 bits per heavy atom. The summed E-state index contributed by atoms with van der Waals surface area (Å²) in [6, 6.07) is 12.1. The fraction of sp³-hybridized carbons (Fsp3) is 0.294. The summed E-state index contributed by atoms with van der Waals surface area (Å²) in [5.41, 5.74) is 2.99. The number of hydrogen-bond acceptors (Lipinski definition) is 5. The lowest BCUT2D eigenvalue weighted by molar-refractivity contribution is 0.750. The summed E-state index contributed by atoms with van der Waals surface area (Å²) in [6.07, 6.45) is 1.91. The molecule has 0 aliphatic rings. The third-order valence-corrected chi connectivity index (χ3v) is 4.18. The van der Waals surface area contributed by atoms with Gasteiger partial charge in [-0.25, -0.2) is 4.98 Å². The van der Waals surface area contributed by atoms with Crippen molar-refractivity contribution in [3.05, 3.63) is 48.0 Å². The zero-order chi connectivity index (χ0) is 16.5. The zero-order valence-electron chi connectivity index (χ0n) is 13.8. The molecule has 7 heteroatoms. The van der Waals surface area contributed by atoms with Gasteiger partial charge in [-0.1, -0.05) is 12.1 Å². The van der Waals surface area contributed by atoms with Crippen LogP contribution in [-0.4, -0.2) is 35.9 Å². The van der Waals surface area contributed by atoms with Gasteiger partial charge in [-0.15, -0.1) is 15.3 Å². The van der Waals surface area contributed by atoms with Gasteiger partial charge in [-0.05, 0) is 37.6 Å². The average Bonchev–Trinajstić information content (AvgIpc) is 3.13. The highest BCUT2D eigenvalue weighted by Crippen LogP contribution is 2.15. The Balaban J connectivity index is 1.39. The lowest BCUT2D eigenvalue weighted by Gasteiger charge is -2.06. The Labute approximate surface area is 139 Å². The van der Waals surface area contributed by atoms with E-state index in [9.17, 15) is 0 Å². The molecule has 0 fully saturated rings. The second kappa shape index (κ2) is 5.92. The Bertz CT molecular complexity index is 999. The van der Waals surface area contributed by atoms with Crippen LogP contribution in [0.1, 0.15) is 18.1 Å². The van der Waals surface area contributed by atoms with Crippen molar-refractivity contribution in [1.29, 1.82) is 0 Å². The zero-order valence-corrected chi connectivity index (χ0v) is 13.8. The molecule has 0 saturated carbocycles. The van der Waals surface area contributed by atoms with E-state index in [1.165, 1.54) is 5.52 Å². The third-order valence-electron chi connectivity index (χ3n) is 4.18. The number of benzene rings is 1. The summed E-state index contributed by atoms with van der Waals surface area (Å²) >= 11 is 0. The number of nitrogens with one attached hydrogen (secondary N) is 1. The van der Waals surface area contributed by atoms with E-state index in [2.05, 4.69) is 44.4 Å². The molecule has 0 spiro atoms. The Kier molecular flexibility index (Phi) is 3.60. The molecule has 0 amide bonds. The van der Waals surface area contributed by atoms with Gasteiger partial charge < -0.3 is 9.88 Å². The minimum Gasteiger partial charge on any atom is -0.369 e. The Hall–Kier alpha value is -2.96. The monoisotopic (exact) mass is 321 g/mol. The number of rotatable bonds is 5. The second-order valence-corrected chi connectivity index (χ2v) is 5.84. The molecule has 3 aromatic heterocycles. The van der Waals surface area contributed by atoms with Crippen molar-refractivity contribution in [2.24, 2.45) is 7.05 Å². The predicted octanol–water partition coefficient (Wildman–Crippen LogP) is 2.36. The molecule has 0 saturated heterocycles. The van der Waals surface area contributed by atoms with Crippen LogP contribution in [0.5, 0.6) is 0 Å². The highest BCUT2D eigenvalue weighted by Gasteiger charge is 2.07. The van der Waals surface area contributed by atoms with E-state index in [0.717, 1.165) is 48.0 Å². The summed E-state index contributed by atoms with van der Waals surface area (Å²) < 4.78 is 3.91. The Morgan fingerprint density at radius 2 is 1.96 bits per heavy atom. The Morgan fingerprint density at radius 1 is 1.08 bits per heavy atom. The third kappa shape index (κ3) is 2.58. The van der Waals surface area contributed by atoms with Crippen LogP contribution in [0.25, 0.3) is 16.7 Å². The summed E-state index contributed by atoms with van der Waals surface area (Å²) in [4.78, 5) is 4.70. The first-order valence-corrected chi connectivity index (χ1v) is 8.05. The van der Waals surface area contributed by atoms with E-state index < -0.39 is 0 Å². The highest BCUT2D eigenvalue weighted by molar-refractivity contribution is 5.75. The largest absolute Gasteiger partial charge is 0.369 e. The van der Waals surface area contributed by atoms with Crippen LogP contribution >= 0.6 is 0 Å². The molecule has 1 N–H and O–H groups in total. The number of aryl methyl sites for hydroxylation is 3. The molecule has 0 aliphatic carbocycles. The van der Waals surface area contributed by atoms with E-state index in [0.29, 0.717) is 0 Å². The summed E-state index contributed by atoms with van der Waals surface area (Å²) in [5.74, 6) is 2.72. The molecule has 0 atom stereocenters. The van der Waals surface area contributed by atoms with Crippen molar-refractivity contribution < 1.29 is 0 Å². The molecule has 1 aromatic carbocycles. The van der Waals surface area contributed by atoms with Gasteiger partial charge >= 0.3 is 0 Å². The fourth-order valence-electron chi connectivity index (χ4n) is 2.87. The van der Waals surface area contributed by atoms with Crippen LogP contribution < -0.4 is 5.32 Å². The van der Waals surface area contributed by atoms with E-state index in [4.69, 9.17) is 4.98 Å². The first-order chi connectivity index (χ1) is 11.7. The van der Waals surface area contributed by atoms with Gasteiger partial charge in [0.1, 0.15) is 11.6 Å². The van der Waals surface area contributed by atoms with Gasteiger partial charge in [-0.2, -0.15) is 4.52 Å². The van der Waals surface area contributed by atoms with Gasteiger partial charge in [0.25, 0.3) is 0 Å². The topological polar surface area (TPSA) is 72.9 Å². The molecule has 24 heavy (non-hydrogen) atoms. The fourth-order valence-corrected chi connectivity index (χ4v) is 2.87. The number of para-hydroxylation sites is 2. The van der Waals surface area contributed by atoms with Gasteiger partial charge in [-0.3, -0.25) is 0 Å². The van der Waals surface area contributed by atoms with Crippen LogP contribution in [0.2, 0.25) is 0 Å². The number of anilines is 1. The van der Waals surface area contributed by atoms with Gasteiger partial charge in [0.05, 0.1) is 11.0 Å². The van der Waals surface area contributed by atoms with Crippen molar-refractivity contribution in [2.75, 3.05) is 11.9 Å². The minimum absolute atomic E-state index is 0.762. The van der Waals surface area contributed by atoms with E-state index in [1.807, 2.05) is 31.2 Å². The van der Waals surface area contributed by atoms with E-state index in [1.54, 1.807) is 4.52 Å². The lowest BCUT2D eigenvalue weighted by Crippen LogP contribution is -2.08. The molecule has 0 radical (unpaired) electrons. The summed E-state index contributed by atoms with van der Waals surface area (Å²) in [5, 5.41) is 15.9. The molecule has 4 rings (SSSR count). The first-order valence-electron chi connectivity index (χ1n) is 8.05. The SMILES string of the molecule is Cc1nnc2ccc(NCCCc3nc4ccccc4n3C)nn12. The molecule has 122 valence electrons. The van der Waals surface area contributed by atoms with Gasteiger partial charge in [0, 0.05) is 20.0 Å². The smallest absolute Gasteiger partial charge is 0.178 e. The van der Waals surface area contributed by atoms with Crippen molar-refractivity contribution >= 4 is 22.5 Å². The number of aromatic nitrogens is 6. The quantitative estimate of drug-likeness (QED) is 0.571. The summed E-state index contributed by atoms with van der Waals surface area (Å²) in [6.45, 7) is 2.73. The maximum Gasteiger partial charge on any atom is 0.178 e. The molecule has 3 heterocycles. The van der Waals surface area contributed by atoms with Crippen LogP contribution in [-0.2, 0) is 13.5 Å². The second-order valence-electron chi connectivity index (χ2n) is 5.84. The van der Waals surface area contributed by atoms with Crippen molar-refractivity contribution in [1.82, 2.24) is 29.4 Å². The van der Waals surface area contributed by atoms with E-state index in [-0.39, 0.29) is 0 Å². The number of hydrogen-bond donors (Lipinski definition) is 1. The minimum atomic E-state index is 0.762. The van der Waals surface area contributed by atoms with Gasteiger partial charge in [0.15, 0.2) is 11.5 Å². The van der Waals surface area contributed by atoms with Crippen LogP contribution in [0.4, 0.5) is 5.82 Å². The number of fused-ring (bicyclic) bond motifs is 2. The molecule has 0 bridgehead atoms. The predicted molar refractivity (Wildman–Crippen MR) is 93.0 cm³/mol.